The number of carbonyl (C=O) groups excluding carboxylic acids is 2. The fourth-order valence-electron chi connectivity index (χ4n) is 2.40. The maximum Gasteiger partial charge on any atom is 0.264 e. The van der Waals surface area contributed by atoms with Gasteiger partial charge in [0.2, 0.25) is 5.91 Å². The number of rotatable bonds is 5. The Hall–Kier alpha value is -4.08. The van der Waals surface area contributed by atoms with E-state index in [2.05, 4.69) is 32.5 Å². The van der Waals surface area contributed by atoms with Gasteiger partial charge in [0.25, 0.3) is 11.5 Å². The molecule has 0 aliphatic carbocycles. The molecule has 10 heteroatoms. The third-order valence-corrected chi connectivity index (χ3v) is 3.80. The van der Waals surface area contributed by atoms with Crippen molar-refractivity contribution in [1.82, 2.24) is 20.0 Å². The number of aromatic nitrogens is 4. The second kappa shape index (κ2) is 7.66. The SMILES string of the molecule is C=CC(=O)Nc1cc(NC(=O)c2cnn(-c3ccc(=O)[nH]n3)c2C)ccc1F. The first-order chi connectivity index (χ1) is 13.4. The lowest BCUT2D eigenvalue weighted by Gasteiger charge is -2.09. The summed E-state index contributed by atoms with van der Waals surface area (Å²) < 4.78 is 15.2. The number of halogens is 1. The quantitative estimate of drug-likeness (QED) is 0.581. The van der Waals surface area contributed by atoms with Gasteiger partial charge < -0.3 is 10.6 Å². The van der Waals surface area contributed by atoms with Gasteiger partial charge in [-0.3, -0.25) is 14.4 Å². The van der Waals surface area contributed by atoms with Gasteiger partial charge in [0.05, 0.1) is 23.1 Å². The molecule has 0 saturated carbocycles. The van der Waals surface area contributed by atoms with Gasteiger partial charge in [-0.1, -0.05) is 6.58 Å². The molecule has 9 nitrogen and oxygen atoms in total. The molecule has 0 fully saturated rings. The lowest BCUT2D eigenvalue weighted by molar-refractivity contribution is -0.111. The fraction of sp³-hybridized carbons (Fsp3) is 0.0556. The predicted octanol–water partition coefficient (Wildman–Crippen LogP) is 1.78. The standard InChI is InChI=1S/C18H15FN6O3/c1-3-16(26)22-14-8-11(4-5-13(14)19)21-18(28)12-9-20-25(10(12)2)15-6-7-17(27)24-23-15/h3-9H,1H2,2H3,(H,21,28)(H,22,26)(H,24,27). The molecule has 0 radical (unpaired) electrons. The van der Waals surface area contributed by atoms with Gasteiger partial charge in [0, 0.05) is 11.8 Å². The van der Waals surface area contributed by atoms with Gasteiger partial charge >= 0.3 is 0 Å². The Morgan fingerprint density at radius 2 is 2.04 bits per heavy atom. The van der Waals surface area contributed by atoms with Gasteiger partial charge in [0.15, 0.2) is 5.82 Å². The topological polar surface area (TPSA) is 122 Å². The Bertz CT molecular complexity index is 1110. The first kappa shape index (κ1) is 18.7. The number of anilines is 2. The lowest BCUT2D eigenvalue weighted by Crippen LogP contribution is -2.15. The predicted molar refractivity (Wildman–Crippen MR) is 99.9 cm³/mol. The number of H-pyrrole nitrogens is 1. The highest BCUT2D eigenvalue weighted by molar-refractivity contribution is 6.05. The normalized spacial score (nSPS) is 10.4. The maximum absolute atomic E-state index is 13.8. The van der Waals surface area contributed by atoms with Crippen LogP contribution in [0.5, 0.6) is 0 Å². The minimum atomic E-state index is -0.652. The van der Waals surface area contributed by atoms with Crippen LogP contribution in [0.25, 0.3) is 5.82 Å². The van der Waals surface area contributed by atoms with Crippen LogP contribution in [0.1, 0.15) is 16.1 Å². The fourth-order valence-corrected chi connectivity index (χ4v) is 2.40. The van der Waals surface area contributed by atoms with Gasteiger partial charge in [0.1, 0.15) is 5.82 Å². The summed E-state index contributed by atoms with van der Waals surface area (Å²) in [6.07, 6.45) is 2.36. The monoisotopic (exact) mass is 382 g/mol. The van der Waals surface area contributed by atoms with Crippen molar-refractivity contribution in [3.8, 4) is 5.82 Å². The van der Waals surface area contributed by atoms with E-state index < -0.39 is 17.6 Å². The van der Waals surface area contributed by atoms with Gasteiger partial charge in [-0.25, -0.2) is 14.2 Å². The molecule has 0 bridgehead atoms. The third kappa shape index (κ3) is 3.85. The molecule has 0 aliphatic heterocycles. The average Bonchev–Trinajstić information content (AvgIpc) is 3.06. The van der Waals surface area contributed by atoms with Crippen LogP contribution in [0.15, 0.2) is 54.0 Å². The molecule has 3 rings (SSSR count). The number of carbonyl (C=O) groups is 2. The van der Waals surface area contributed by atoms with Crippen LogP contribution in [-0.2, 0) is 4.79 Å². The van der Waals surface area contributed by atoms with Gasteiger partial charge in [-0.05, 0) is 37.3 Å². The number of nitrogens with one attached hydrogen (secondary N) is 3. The molecule has 3 N–H and O–H groups in total. The second-order valence-corrected chi connectivity index (χ2v) is 5.68. The number of hydrogen-bond acceptors (Lipinski definition) is 5. The van der Waals surface area contributed by atoms with E-state index in [0.717, 1.165) is 12.1 Å². The molecule has 28 heavy (non-hydrogen) atoms. The second-order valence-electron chi connectivity index (χ2n) is 5.68. The number of amides is 2. The zero-order valence-electron chi connectivity index (χ0n) is 14.7. The molecule has 1 aromatic carbocycles. The smallest absolute Gasteiger partial charge is 0.264 e. The van der Waals surface area contributed by atoms with Crippen molar-refractivity contribution in [2.75, 3.05) is 10.6 Å². The number of nitrogens with zero attached hydrogens (tertiary/aromatic N) is 3. The molecule has 3 aromatic rings. The molecule has 0 atom stereocenters. The Kier molecular flexibility index (Phi) is 5.12. The number of benzene rings is 1. The molecule has 0 aliphatic rings. The van der Waals surface area contributed by atoms with Crippen LogP contribution in [-0.4, -0.2) is 31.8 Å². The van der Waals surface area contributed by atoms with Crippen LogP contribution >= 0.6 is 0 Å². The Balaban J connectivity index is 1.83. The van der Waals surface area contributed by atoms with Crippen LogP contribution < -0.4 is 16.2 Å². The van der Waals surface area contributed by atoms with Crippen molar-refractivity contribution in [1.29, 1.82) is 0 Å². The van der Waals surface area contributed by atoms with Crippen molar-refractivity contribution in [3.05, 3.63) is 76.6 Å². The summed E-state index contributed by atoms with van der Waals surface area (Å²) in [7, 11) is 0. The van der Waals surface area contributed by atoms with E-state index >= 15 is 0 Å². The molecular weight excluding hydrogens is 367 g/mol. The van der Waals surface area contributed by atoms with Gasteiger partial charge in [-0.2, -0.15) is 10.2 Å². The summed E-state index contributed by atoms with van der Waals surface area (Å²) in [6, 6.07) is 6.53. The van der Waals surface area contributed by atoms with E-state index in [4.69, 9.17) is 0 Å². The Labute approximate surface area is 157 Å². The Morgan fingerprint density at radius 1 is 1.25 bits per heavy atom. The summed E-state index contributed by atoms with van der Waals surface area (Å²) in [4.78, 5) is 35.1. The van der Waals surface area contributed by atoms with E-state index in [1.54, 1.807) is 6.92 Å². The van der Waals surface area contributed by atoms with E-state index in [9.17, 15) is 18.8 Å². The largest absolute Gasteiger partial charge is 0.322 e. The summed E-state index contributed by atoms with van der Waals surface area (Å²) >= 11 is 0. The number of hydrogen-bond donors (Lipinski definition) is 3. The van der Waals surface area contributed by atoms with E-state index in [1.807, 2.05) is 0 Å². The van der Waals surface area contributed by atoms with Crippen LogP contribution in [0.2, 0.25) is 0 Å². The highest BCUT2D eigenvalue weighted by atomic mass is 19.1. The highest BCUT2D eigenvalue weighted by Crippen LogP contribution is 2.21. The molecule has 2 aromatic heterocycles. The molecule has 2 amide bonds. The van der Waals surface area contributed by atoms with E-state index in [-0.39, 0.29) is 22.5 Å². The molecule has 142 valence electrons. The van der Waals surface area contributed by atoms with Gasteiger partial charge in [-0.15, -0.1) is 0 Å². The first-order valence-corrected chi connectivity index (χ1v) is 8.04. The molecule has 0 spiro atoms. The van der Waals surface area contributed by atoms with Crippen LogP contribution in [0.4, 0.5) is 15.8 Å². The zero-order chi connectivity index (χ0) is 20.3. The number of aromatic amines is 1. The van der Waals surface area contributed by atoms with Crippen molar-refractivity contribution in [2.24, 2.45) is 0 Å². The van der Waals surface area contributed by atoms with Crippen molar-refractivity contribution < 1.29 is 14.0 Å². The summed E-state index contributed by atoms with van der Waals surface area (Å²) in [5.41, 5.74) is 0.572. The Morgan fingerprint density at radius 3 is 2.71 bits per heavy atom. The minimum absolute atomic E-state index is 0.0902. The zero-order valence-corrected chi connectivity index (χ0v) is 14.7. The van der Waals surface area contributed by atoms with Crippen molar-refractivity contribution in [2.45, 2.75) is 6.92 Å². The summed E-state index contributed by atoms with van der Waals surface area (Å²) in [6.45, 7) is 4.96. The minimum Gasteiger partial charge on any atom is -0.322 e. The molecule has 0 unspecified atom stereocenters. The first-order valence-electron chi connectivity index (χ1n) is 8.04. The maximum atomic E-state index is 13.8. The summed E-state index contributed by atoms with van der Waals surface area (Å²) in [5.74, 6) is -1.37. The van der Waals surface area contributed by atoms with Crippen LogP contribution in [0.3, 0.4) is 0 Å². The van der Waals surface area contributed by atoms with E-state index in [0.29, 0.717) is 11.5 Å². The van der Waals surface area contributed by atoms with Crippen molar-refractivity contribution >= 4 is 23.2 Å². The lowest BCUT2D eigenvalue weighted by atomic mass is 10.2. The molecule has 2 heterocycles. The average molecular weight is 382 g/mol. The van der Waals surface area contributed by atoms with E-state index in [1.165, 1.54) is 35.1 Å². The summed E-state index contributed by atoms with van der Waals surface area (Å²) in [5, 5.41) is 15.2. The van der Waals surface area contributed by atoms with Crippen molar-refractivity contribution in [3.63, 3.8) is 0 Å². The molecule has 0 saturated heterocycles. The molecular formula is C18H15FN6O3. The van der Waals surface area contributed by atoms with Crippen LogP contribution in [0, 0.1) is 12.7 Å². The third-order valence-electron chi connectivity index (χ3n) is 3.80. The highest BCUT2D eigenvalue weighted by Gasteiger charge is 2.17.